The number of halogens is 2. The van der Waals surface area contributed by atoms with E-state index in [-0.39, 0.29) is 18.5 Å². The number of hydrogen-bond acceptors (Lipinski definition) is 6. The summed E-state index contributed by atoms with van der Waals surface area (Å²) in [5.74, 6) is -0.468. The lowest BCUT2D eigenvalue weighted by Gasteiger charge is -2.31. The van der Waals surface area contributed by atoms with Gasteiger partial charge in [-0.15, -0.1) is 0 Å². The molecule has 2 aromatic carbocycles. The number of benzene rings is 2. The van der Waals surface area contributed by atoms with Crippen LogP contribution in [0, 0.1) is 0 Å². The van der Waals surface area contributed by atoms with Gasteiger partial charge in [0.2, 0.25) is 0 Å². The number of hydrazone groups is 1. The van der Waals surface area contributed by atoms with Crippen molar-refractivity contribution in [1.82, 2.24) is 10.3 Å². The lowest BCUT2D eigenvalue weighted by Crippen LogP contribution is -2.42. The van der Waals surface area contributed by atoms with Crippen LogP contribution in [0.15, 0.2) is 70.3 Å². The Morgan fingerprint density at radius 3 is 2.56 bits per heavy atom. The summed E-state index contributed by atoms with van der Waals surface area (Å²) in [6, 6.07) is 13.1. The molecule has 164 valence electrons. The quantitative estimate of drug-likeness (QED) is 0.608. The molecule has 2 aliphatic rings. The summed E-state index contributed by atoms with van der Waals surface area (Å²) in [5, 5.41) is 10.8. The van der Waals surface area contributed by atoms with Gasteiger partial charge in [-0.05, 0) is 48.4 Å². The topological polar surface area (TPSA) is 71.0 Å². The first-order valence-electron chi connectivity index (χ1n) is 9.81. The lowest BCUT2D eigenvalue weighted by atomic mass is 10.0. The molecule has 0 atom stereocenters. The Balaban J connectivity index is 1.53. The molecule has 0 aromatic heterocycles. The number of fused-ring (bicyclic) bond motifs is 1. The van der Waals surface area contributed by atoms with Crippen LogP contribution in [0.5, 0.6) is 0 Å². The first-order chi connectivity index (χ1) is 15.5. The number of hydrogen-bond donors (Lipinski definition) is 1. The lowest BCUT2D eigenvalue weighted by molar-refractivity contribution is -0.140. The fourth-order valence-electron chi connectivity index (χ4n) is 3.35. The molecule has 1 N–H and O–H groups in total. The fourth-order valence-corrected chi connectivity index (χ4v) is 4.73. The molecular formula is C23H19Cl2N3O3S. The summed E-state index contributed by atoms with van der Waals surface area (Å²) in [4.78, 5) is 25.0. The van der Waals surface area contributed by atoms with E-state index in [4.69, 9.17) is 23.2 Å². The highest BCUT2D eigenvalue weighted by Gasteiger charge is 2.30. The Bertz CT molecular complexity index is 1140. The Morgan fingerprint density at radius 2 is 1.88 bits per heavy atom. The van der Waals surface area contributed by atoms with Crippen molar-refractivity contribution in [3.63, 3.8) is 0 Å². The Kier molecular flexibility index (Phi) is 6.89. The molecule has 0 aliphatic carbocycles. The van der Waals surface area contributed by atoms with Gasteiger partial charge in [-0.3, -0.25) is 9.59 Å². The highest BCUT2D eigenvalue weighted by Crippen LogP contribution is 2.37. The van der Waals surface area contributed by atoms with Crippen LogP contribution in [0.4, 0.5) is 0 Å². The molecule has 2 aromatic rings. The molecule has 0 saturated carbocycles. The zero-order chi connectivity index (χ0) is 22.7. The molecule has 0 bridgehead atoms. The minimum Gasteiger partial charge on any atom is -0.469 e. The van der Waals surface area contributed by atoms with E-state index in [0.717, 1.165) is 15.5 Å². The van der Waals surface area contributed by atoms with Crippen LogP contribution in [-0.4, -0.2) is 35.7 Å². The average Bonchev–Trinajstić information content (AvgIpc) is 2.79. The van der Waals surface area contributed by atoms with Crippen molar-refractivity contribution in [2.45, 2.75) is 17.7 Å². The summed E-state index contributed by atoms with van der Waals surface area (Å²) in [7, 11) is 1.39. The predicted molar refractivity (Wildman–Crippen MR) is 127 cm³/mol. The third-order valence-corrected chi connectivity index (χ3v) is 6.52. The minimum absolute atomic E-state index is 0.222. The maximum atomic E-state index is 12.6. The number of rotatable bonds is 5. The van der Waals surface area contributed by atoms with Crippen LogP contribution < -0.4 is 5.32 Å². The predicted octanol–water partition coefficient (Wildman–Crippen LogP) is 4.88. The van der Waals surface area contributed by atoms with Crippen molar-refractivity contribution in [3.05, 3.63) is 81.5 Å². The maximum absolute atomic E-state index is 12.6. The number of aryl methyl sites for hydroxylation is 1. The number of thioether (sulfide) groups is 1. The van der Waals surface area contributed by atoms with Crippen molar-refractivity contribution < 1.29 is 14.3 Å². The molecule has 2 heterocycles. The molecule has 0 radical (unpaired) electrons. The smallest absolute Gasteiger partial charge is 0.305 e. The van der Waals surface area contributed by atoms with Crippen LogP contribution in [0.1, 0.15) is 17.5 Å². The van der Waals surface area contributed by atoms with Gasteiger partial charge in [-0.2, -0.15) is 5.10 Å². The van der Waals surface area contributed by atoms with Crippen LogP contribution in [0.2, 0.25) is 10.0 Å². The minimum atomic E-state index is -0.246. The number of ether oxygens (including phenoxy) is 1. The first kappa shape index (κ1) is 22.5. The largest absolute Gasteiger partial charge is 0.469 e. The molecule has 0 unspecified atom stereocenters. The van der Waals surface area contributed by atoms with Crippen molar-refractivity contribution in [1.29, 1.82) is 0 Å². The molecule has 6 nitrogen and oxygen atoms in total. The van der Waals surface area contributed by atoms with E-state index >= 15 is 0 Å². The SMILES string of the molecule is COC(=O)CCc1ccc(SC2=NN3CNC(=O)C(c4c(Cl)cccc4Cl)=C3C=C2)cc1. The molecule has 1 amide bonds. The van der Waals surface area contributed by atoms with Crippen LogP contribution in [0.25, 0.3) is 5.57 Å². The van der Waals surface area contributed by atoms with Gasteiger partial charge in [0.15, 0.2) is 0 Å². The van der Waals surface area contributed by atoms with Crippen molar-refractivity contribution >= 4 is 57.5 Å². The number of methoxy groups -OCH3 is 1. The molecule has 0 saturated heterocycles. The Hall–Kier alpha value is -2.74. The van der Waals surface area contributed by atoms with E-state index < -0.39 is 0 Å². The number of carbonyl (C=O) groups is 2. The third-order valence-electron chi connectivity index (χ3n) is 4.96. The van der Waals surface area contributed by atoms with Crippen LogP contribution in [0.3, 0.4) is 0 Å². The number of nitrogens with zero attached hydrogens (tertiary/aromatic N) is 2. The van der Waals surface area contributed by atoms with Crippen molar-refractivity contribution in [3.8, 4) is 0 Å². The van der Waals surface area contributed by atoms with Crippen molar-refractivity contribution in [2.24, 2.45) is 5.10 Å². The first-order valence-corrected chi connectivity index (χ1v) is 11.4. The number of allylic oxidation sites excluding steroid dienone is 1. The Morgan fingerprint density at radius 1 is 1.16 bits per heavy atom. The van der Waals surface area contributed by atoms with Gasteiger partial charge in [-0.25, -0.2) is 5.01 Å². The van der Waals surface area contributed by atoms with Gasteiger partial charge in [0, 0.05) is 16.9 Å². The number of amides is 1. The number of carbonyl (C=O) groups excluding carboxylic acids is 2. The van der Waals surface area contributed by atoms with E-state index in [2.05, 4.69) is 15.2 Å². The van der Waals surface area contributed by atoms with E-state index in [1.54, 1.807) is 23.2 Å². The second kappa shape index (κ2) is 9.81. The standard InChI is InChI=1S/C23H19Cl2N3O3S/c1-31-20(29)12-7-14-5-8-15(9-6-14)32-19-11-10-18-22(23(30)26-13-28(18)27-19)21-16(24)3-2-4-17(21)25/h2-6,8-11H,7,12-13H2,1H3,(H,26,30). The molecule has 2 aliphatic heterocycles. The van der Waals surface area contributed by atoms with Gasteiger partial charge < -0.3 is 10.1 Å². The molecule has 0 fully saturated rings. The maximum Gasteiger partial charge on any atom is 0.305 e. The van der Waals surface area contributed by atoms with E-state index in [1.165, 1.54) is 18.9 Å². The summed E-state index contributed by atoms with van der Waals surface area (Å²) in [6.07, 6.45) is 4.71. The van der Waals surface area contributed by atoms with E-state index in [9.17, 15) is 9.59 Å². The van der Waals surface area contributed by atoms with Gasteiger partial charge in [0.25, 0.3) is 5.91 Å². The second-order valence-corrected chi connectivity index (χ2v) is 8.92. The zero-order valence-electron chi connectivity index (χ0n) is 17.1. The monoisotopic (exact) mass is 487 g/mol. The molecule has 0 spiro atoms. The molecule has 32 heavy (non-hydrogen) atoms. The Labute approximate surface area is 199 Å². The van der Waals surface area contributed by atoms with Gasteiger partial charge in [0.05, 0.1) is 28.4 Å². The van der Waals surface area contributed by atoms with Gasteiger partial charge in [-0.1, -0.05) is 53.2 Å². The number of esters is 1. The third kappa shape index (κ3) is 4.85. The second-order valence-electron chi connectivity index (χ2n) is 7.01. The van der Waals surface area contributed by atoms with Gasteiger partial charge in [0.1, 0.15) is 11.7 Å². The highest BCUT2D eigenvalue weighted by atomic mass is 35.5. The molecular weight excluding hydrogens is 469 g/mol. The molecule has 4 rings (SSSR count). The average molecular weight is 488 g/mol. The zero-order valence-corrected chi connectivity index (χ0v) is 19.4. The fraction of sp³-hybridized carbons (Fsp3) is 0.174. The van der Waals surface area contributed by atoms with Crippen molar-refractivity contribution in [2.75, 3.05) is 13.8 Å². The summed E-state index contributed by atoms with van der Waals surface area (Å²) in [6.45, 7) is 0.251. The van der Waals surface area contributed by atoms with Crippen LogP contribution >= 0.6 is 35.0 Å². The number of nitrogens with one attached hydrogen (secondary N) is 1. The summed E-state index contributed by atoms with van der Waals surface area (Å²) < 4.78 is 4.68. The van der Waals surface area contributed by atoms with E-state index in [1.807, 2.05) is 36.4 Å². The van der Waals surface area contributed by atoms with Crippen LogP contribution in [-0.2, 0) is 20.7 Å². The normalized spacial score (nSPS) is 15.3. The molecule has 9 heteroatoms. The summed E-state index contributed by atoms with van der Waals surface area (Å²) >= 11 is 14.2. The van der Waals surface area contributed by atoms with Gasteiger partial charge >= 0.3 is 5.97 Å². The summed E-state index contributed by atoms with van der Waals surface area (Å²) in [5.41, 5.74) is 2.59. The highest BCUT2D eigenvalue weighted by molar-refractivity contribution is 8.14. The van der Waals surface area contributed by atoms with E-state index in [0.29, 0.717) is 39.7 Å².